The summed E-state index contributed by atoms with van der Waals surface area (Å²) in [5, 5.41) is 17.9. The van der Waals surface area contributed by atoms with Crippen LogP contribution in [0.3, 0.4) is 0 Å². The Morgan fingerprint density at radius 3 is 3.16 bits per heavy atom. The van der Waals surface area contributed by atoms with E-state index >= 15 is 0 Å². The molecule has 2 atom stereocenters. The molecule has 104 valence electrons. The molecule has 5 nitrogen and oxygen atoms in total. The van der Waals surface area contributed by atoms with E-state index in [9.17, 15) is 5.26 Å². The molecular formula is C13H21N5S. The van der Waals surface area contributed by atoms with Crippen LogP contribution in [0.2, 0.25) is 0 Å². The zero-order chi connectivity index (χ0) is 13.7. The van der Waals surface area contributed by atoms with E-state index in [1.165, 1.54) is 0 Å². The zero-order valence-corrected chi connectivity index (χ0v) is 12.4. The normalized spacial score (nSPS) is 26.5. The number of thioether (sulfide) groups is 1. The summed E-state index contributed by atoms with van der Waals surface area (Å²) >= 11 is 1.72. The molecule has 0 radical (unpaired) electrons. The second-order valence-corrected chi connectivity index (χ2v) is 6.07. The van der Waals surface area contributed by atoms with E-state index in [4.69, 9.17) is 0 Å². The molecule has 1 heterocycles. The van der Waals surface area contributed by atoms with Crippen LogP contribution < -0.4 is 5.32 Å². The van der Waals surface area contributed by atoms with Crippen LogP contribution >= 0.6 is 11.8 Å². The van der Waals surface area contributed by atoms with Gasteiger partial charge in [-0.2, -0.15) is 10.4 Å². The minimum Gasteiger partial charge on any atom is -0.299 e. The molecule has 0 aromatic carbocycles. The first kappa shape index (κ1) is 14.4. The van der Waals surface area contributed by atoms with Gasteiger partial charge in [-0.1, -0.05) is 25.1 Å². The van der Waals surface area contributed by atoms with Crippen molar-refractivity contribution in [1.82, 2.24) is 20.1 Å². The van der Waals surface area contributed by atoms with Crippen LogP contribution in [0.1, 0.15) is 32.6 Å². The molecule has 0 saturated heterocycles. The number of rotatable bonds is 6. The highest BCUT2D eigenvalue weighted by Crippen LogP contribution is 2.38. The molecule has 0 bridgehead atoms. The van der Waals surface area contributed by atoms with E-state index in [0.29, 0.717) is 5.92 Å². The van der Waals surface area contributed by atoms with Crippen LogP contribution in [0.25, 0.3) is 0 Å². The Bertz CT molecular complexity index is 452. The van der Waals surface area contributed by atoms with Crippen molar-refractivity contribution in [1.29, 1.82) is 5.26 Å². The Balaban J connectivity index is 1.88. The Morgan fingerprint density at radius 1 is 1.68 bits per heavy atom. The molecule has 1 aliphatic carbocycles. The molecule has 1 aromatic heterocycles. The third-order valence-electron chi connectivity index (χ3n) is 3.88. The Hall–Kier alpha value is -1.06. The summed E-state index contributed by atoms with van der Waals surface area (Å²) in [6.45, 7) is 2.93. The van der Waals surface area contributed by atoms with Crippen LogP contribution in [0, 0.1) is 17.2 Å². The lowest BCUT2D eigenvalue weighted by molar-refractivity contribution is 0.317. The predicted molar refractivity (Wildman–Crippen MR) is 75.7 cm³/mol. The summed E-state index contributed by atoms with van der Waals surface area (Å²) in [7, 11) is 1.91. The lowest BCUT2D eigenvalue weighted by Crippen LogP contribution is -2.47. The zero-order valence-electron chi connectivity index (χ0n) is 11.6. The highest BCUT2D eigenvalue weighted by Gasteiger charge is 2.42. The summed E-state index contributed by atoms with van der Waals surface area (Å²) < 4.78 is 1.79. The quantitative estimate of drug-likeness (QED) is 0.806. The van der Waals surface area contributed by atoms with Gasteiger partial charge in [-0.3, -0.25) is 5.32 Å². The molecule has 0 spiro atoms. The first-order chi connectivity index (χ1) is 9.22. The Labute approximate surface area is 118 Å². The number of aromatic nitrogens is 3. The highest BCUT2D eigenvalue weighted by molar-refractivity contribution is 7.99. The first-order valence-electron chi connectivity index (χ1n) is 6.85. The number of hydrogen-bond acceptors (Lipinski definition) is 5. The van der Waals surface area contributed by atoms with Gasteiger partial charge >= 0.3 is 0 Å². The maximum Gasteiger partial charge on any atom is 0.185 e. The van der Waals surface area contributed by atoms with Gasteiger partial charge in [-0.05, 0) is 31.7 Å². The number of nitrogens with zero attached hydrogens (tertiary/aromatic N) is 4. The fourth-order valence-corrected chi connectivity index (χ4v) is 3.85. The maximum absolute atomic E-state index is 9.50. The third kappa shape index (κ3) is 3.10. The minimum absolute atomic E-state index is 0.296. The average Bonchev–Trinajstić information content (AvgIpc) is 2.99. The van der Waals surface area contributed by atoms with Crippen molar-refractivity contribution < 1.29 is 0 Å². The number of hydrogen-bond donors (Lipinski definition) is 1. The van der Waals surface area contributed by atoms with Crippen LogP contribution in [-0.4, -0.2) is 32.6 Å². The average molecular weight is 279 g/mol. The van der Waals surface area contributed by atoms with Crippen molar-refractivity contribution >= 4 is 11.8 Å². The van der Waals surface area contributed by atoms with Gasteiger partial charge in [0.25, 0.3) is 0 Å². The second kappa shape index (κ2) is 6.40. The third-order valence-corrected chi connectivity index (χ3v) is 4.95. The van der Waals surface area contributed by atoms with Gasteiger partial charge in [0.1, 0.15) is 11.9 Å². The van der Waals surface area contributed by atoms with E-state index in [0.717, 1.165) is 43.1 Å². The molecule has 1 fully saturated rings. The van der Waals surface area contributed by atoms with Gasteiger partial charge in [0.2, 0.25) is 0 Å². The van der Waals surface area contributed by atoms with Gasteiger partial charge < -0.3 is 0 Å². The summed E-state index contributed by atoms with van der Waals surface area (Å²) in [4.78, 5) is 4.21. The maximum atomic E-state index is 9.50. The number of aryl methyl sites for hydroxylation is 1. The van der Waals surface area contributed by atoms with Crippen molar-refractivity contribution in [2.45, 2.75) is 43.3 Å². The van der Waals surface area contributed by atoms with Crippen molar-refractivity contribution in [3.63, 3.8) is 0 Å². The smallest absolute Gasteiger partial charge is 0.185 e. The Kier molecular flexibility index (Phi) is 4.83. The number of nitrogens with one attached hydrogen (secondary N) is 1. The van der Waals surface area contributed by atoms with Crippen molar-refractivity contribution in [2.75, 3.05) is 12.3 Å². The molecule has 2 rings (SSSR count). The first-order valence-corrected chi connectivity index (χ1v) is 7.83. The molecule has 1 N–H and O–H groups in total. The molecule has 1 aromatic rings. The summed E-state index contributed by atoms with van der Waals surface area (Å²) in [5.74, 6) is 1.45. The molecular weight excluding hydrogens is 258 g/mol. The van der Waals surface area contributed by atoms with E-state index in [2.05, 4.69) is 28.4 Å². The van der Waals surface area contributed by atoms with Crippen LogP contribution in [-0.2, 0) is 7.05 Å². The molecule has 2 unspecified atom stereocenters. The molecule has 1 aliphatic rings. The van der Waals surface area contributed by atoms with Gasteiger partial charge in [0.05, 0.1) is 6.07 Å². The van der Waals surface area contributed by atoms with Gasteiger partial charge in [0.15, 0.2) is 5.16 Å². The van der Waals surface area contributed by atoms with E-state index < -0.39 is 0 Å². The monoisotopic (exact) mass is 279 g/mol. The molecule has 19 heavy (non-hydrogen) atoms. The second-order valence-electron chi connectivity index (χ2n) is 5.01. The topological polar surface area (TPSA) is 66.5 Å². The highest BCUT2D eigenvalue weighted by atomic mass is 32.2. The van der Waals surface area contributed by atoms with Gasteiger partial charge in [-0.25, -0.2) is 9.67 Å². The fraction of sp³-hybridized carbons (Fsp3) is 0.769. The Morgan fingerprint density at radius 2 is 2.53 bits per heavy atom. The summed E-state index contributed by atoms with van der Waals surface area (Å²) in [6, 6.07) is 2.53. The minimum atomic E-state index is -0.296. The summed E-state index contributed by atoms with van der Waals surface area (Å²) in [5.41, 5.74) is -0.296. The van der Waals surface area contributed by atoms with E-state index in [-0.39, 0.29) is 5.54 Å². The fourth-order valence-electron chi connectivity index (χ4n) is 2.91. The number of nitriles is 1. The van der Waals surface area contributed by atoms with Crippen molar-refractivity contribution in [3.8, 4) is 6.07 Å². The van der Waals surface area contributed by atoms with Crippen LogP contribution in [0.5, 0.6) is 0 Å². The largest absolute Gasteiger partial charge is 0.299 e. The SMILES string of the molecule is CCNC1(C#N)CCCC1CCSc1ncnn1C. The van der Waals surface area contributed by atoms with Gasteiger partial charge in [-0.15, -0.1) is 0 Å². The lowest BCUT2D eigenvalue weighted by atomic mass is 9.86. The van der Waals surface area contributed by atoms with Crippen LogP contribution in [0.4, 0.5) is 0 Å². The van der Waals surface area contributed by atoms with Crippen LogP contribution in [0.15, 0.2) is 11.5 Å². The standard InChI is InChI=1S/C13H21N5S/c1-3-16-13(9-14)7-4-5-11(13)6-8-19-12-15-10-17-18(12)2/h10-11,16H,3-8H2,1-2H3. The molecule has 1 saturated carbocycles. The van der Waals surface area contributed by atoms with E-state index in [1.54, 1.807) is 22.8 Å². The van der Waals surface area contributed by atoms with Crippen molar-refractivity contribution in [3.05, 3.63) is 6.33 Å². The lowest BCUT2D eigenvalue weighted by Gasteiger charge is -2.29. The summed E-state index contributed by atoms with van der Waals surface area (Å²) in [6.07, 6.45) is 5.92. The van der Waals surface area contributed by atoms with Gasteiger partial charge in [0, 0.05) is 12.8 Å². The van der Waals surface area contributed by atoms with E-state index in [1.807, 2.05) is 7.05 Å². The molecule has 0 aliphatic heterocycles. The van der Waals surface area contributed by atoms with Crippen molar-refractivity contribution in [2.24, 2.45) is 13.0 Å². The molecule has 0 amide bonds. The molecule has 6 heteroatoms. The predicted octanol–water partition coefficient (Wildman–Crippen LogP) is 1.97.